The fourth-order valence-corrected chi connectivity index (χ4v) is 1.83. The first-order valence-corrected chi connectivity index (χ1v) is 6.09. The Morgan fingerprint density at radius 1 is 1.33 bits per heavy atom. The van der Waals surface area contributed by atoms with Gasteiger partial charge in [-0.1, -0.05) is 0 Å². The van der Waals surface area contributed by atoms with Crippen LogP contribution in [0.2, 0.25) is 0 Å². The highest BCUT2D eigenvalue weighted by Gasteiger charge is 2.50. The van der Waals surface area contributed by atoms with Crippen LogP contribution in [0.1, 0.15) is 46.5 Å². The molecule has 1 saturated carbocycles. The van der Waals surface area contributed by atoms with Gasteiger partial charge in [0.2, 0.25) is 0 Å². The molecule has 0 aromatic rings. The van der Waals surface area contributed by atoms with Crippen molar-refractivity contribution in [3.63, 3.8) is 0 Å². The first-order chi connectivity index (χ1) is 8.34. The zero-order chi connectivity index (χ0) is 13.8. The summed E-state index contributed by atoms with van der Waals surface area (Å²) < 4.78 is 5.34. The number of carbonyl (C=O) groups excluding carboxylic acids is 1. The lowest BCUT2D eigenvalue weighted by atomic mass is 10.1. The number of carbonyl (C=O) groups is 1. The van der Waals surface area contributed by atoms with E-state index >= 15 is 0 Å². The molecule has 0 aromatic carbocycles. The van der Waals surface area contributed by atoms with Gasteiger partial charge in [0.05, 0.1) is 30.5 Å². The van der Waals surface area contributed by atoms with Crippen molar-refractivity contribution in [2.24, 2.45) is 0 Å². The molecule has 0 unspecified atom stereocenters. The molecule has 0 heterocycles. The molecule has 0 N–H and O–H groups in total. The second-order valence-electron chi connectivity index (χ2n) is 5.60. The van der Waals surface area contributed by atoms with Gasteiger partial charge in [-0.05, 0) is 33.6 Å². The van der Waals surface area contributed by atoms with Gasteiger partial charge >= 0.3 is 6.09 Å². The molecule has 5 heteroatoms. The summed E-state index contributed by atoms with van der Waals surface area (Å²) >= 11 is 0. The van der Waals surface area contributed by atoms with Crippen LogP contribution in [0, 0.1) is 22.7 Å². The Morgan fingerprint density at radius 2 is 1.94 bits per heavy atom. The lowest BCUT2D eigenvalue weighted by Crippen LogP contribution is -2.45. The smallest absolute Gasteiger partial charge is 0.410 e. The molecule has 0 aliphatic heterocycles. The van der Waals surface area contributed by atoms with Gasteiger partial charge in [-0.25, -0.2) is 4.79 Å². The van der Waals surface area contributed by atoms with Gasteiger partial charge in [0.1, 0.15) is 5.60 Å². The molecule has 18 heavy (non-hydrogen) atoms. The van der Waals surface area contributed by atoms with Crippen molar-refractivity contribution in [1.82, 2.24) is 4.90 Å². The second kappa shape index (κ2) is 5.27. The van der Waals surface area contributed by atoms with Crippen molar-refractivity contribution in [3.05, 3.63) is 0 Å². The normalized spacial score (nSPS) is 16.3. The van der Waals surface area contributed by atoms with E-state index in [1.165, 1.54) is 0 Å². The molecule has 0 saturated heterocycles. The van der Waals surface area contributed by atoms with Crippen molar-refractivity contribution in [1.29, 1.82) is 10.5 Å². The van der Waals surface area contributed by atoms with Gasteiger partial charge in [-0.2, -0.15) is 10.5 Å². The molecule has 0 atom stereocenters. The van der Waals surface area contributed by atoms with Crippen LogP contribution in [-0.2, 0) is 4.74 Å². The predicted molar refractivity (Wildman–Crippen MR) is 65.4 cm³/mol. The van der Waals surface area contributed by atoms with Gasteiger partial charge in [0, 0.05) is 6.54 Å². The molecule has 1 rings (SSSR count). The Hall–Kier alpha value is -1.75. The summed E-state index contributed by atoms with van der Waals surface area (Å²) in [6, 6.07) is 4.14. The Morgan fingerprint density at radius 3 is 2.33 bits per heavy atom. The van der Waals surface area contributed by atoms with E-state index in [2.05, 4.69) is 6.07 Å². The van der Waals surface area contributed by atoms with Crippen LogP contribution in [0.25, 0.3) is 0 Å². The first kappa shape index (κ1) is 14.3. The first-order valence-electron chi connectivity index (χ1n) is 6.09. The lowest BCUT2D eigenvalue weighted by Gasteiger charge is -2.32. The van der Waals surface area contributed by atoms with Crippen molar-refractivity contribution in [2.75, 3.05) is 6.54 Å². The van der Waals surface area contributed by atoms with Crippen LogP contribution in [0.3, 0.4) is 0 Å². The zero-order valence-corrected chi connectivity index (χ0v) is 11.2. The highest BCUT2D eigenvalue weighted by molar-refractivity contribution is 5.70. The van der Waals surface area contributed by atoms with Crippen molar-refractivity contribution in [2.45, 2.75) is 57.6 Å². The Balaban J connectivity index is 2.77. The third-order valence-corrected chi connectivity index (χ3v) is 2.87. The van der Waals surface area contributed by atoms with Crippen molar-refractivity contribution >= 4 is 6.09 Å². The number of nitrogens with zero attached hydrogens (tertiary/aromatic N) is 3. The minimum absolute atomic E-state index is 0.256. The van der Waals surface area contributed by atoms with E-state index in [9.17, 15) is 4.79 Å². The van der Waals surface area contributed by atoms with Gasteiger partial charge < -0.3 is 9.64 Å². The van der Waals surface area contributed by atoms with Gasteiger partial charge in [0.15, 0.2) is 0 Å². The average molecular weight is 249 g/mol. The molecule has 0 radical (unpaired) electrons. The van der Waals surface area contributed by atoms with Crippen LogP contribution >= 0.6 is 0 Å². The monoisotopic (exact) mass is 249 g/mol. The summed E-state index contributed by atoms with van der Waals surface area (Å²) in [6.45, 7) is 5.73. The van der Waals surface area contributed by atoms with Crippen LogP contribution in [-0.4, -0.2) is 28.7 Å². The molecule has 0 aromatic heterocycles. The Bertz CT molecular complexity index is 394. The summed E-state index contributed by atoms with van der Waals surface area (Å²) in [5.41, 5.74) is -0.960. The highest BCUT2D eigenvalue weighted by atomic mass is 16.6. The van der Waals surface area contributed by atoms with Gasteiger partial charge in [0.25, 0.3) is 0 Å². The molecular formula is C13H19N3O2. The molecule has 1 amide bonds. The zero-order valence-electron chi connectivity index (χ0n) is 11.2. The lowest BCUT2D eigenvalue weighted by molar-refractivity contribution is 0.0138. The predicted octanol–water partition coefficient (Wildman–Crippen LogP) is 2.58. The van der Waals surface area contributed by atoms with E-state index in [0.717, 1.165) is 12.8 Å². The summed E-state index contributed by atoms with van der Waals surface area (Å²) in [5, 5.41) is 17.5. The largest absolute Gasteiger partial charge is 0.444 e. The van der Waals surface area contributed by atoms with Crippen molar-refractivity contribution < 1.29 is 9.53 Å². The van der Waals surface area contributed by atoms with E-state index < -0.39 is 17.2 Å². The van der Waals surface area contributed by atoms with Gasteiger partial charge in [-0.3, -0.25) is 0 Å². The van der Waals surface area contributed by atoms with Crippen LogP contribution in [0.5, 0.6) is 0 Å². The third-order valence-electron chi connectivity index (χ3n) is 2.87. The quantitative estimate of drug-likeness (QED) is 0.767. The SMILES string of the molecule is CC(C)(C)OC(=O)N(CCC#N)C1(CC#N)CC1. The maximum Gasteiger partial charge on any atom is 0.410 e. The Labute approximate surface area is 108 Å². The molecule has 1 fully saturated rings. The van der Waals surface area contributed by atoms with E-state index in [1.54, 1.807) is 25.7 Å². The Kier molecular flexibility index (Phi) is 4.19. The maximum atomic E-state index is 12.1. The van der Waals surface area contributed by atoms with E-state index in [1.807, 2.05) is 6.07 Å². The summed E-state index contributed by atoms with van der Waals surface area (Å²) in [5.74, 6) is 0. The summed E-state index contributed by atoms with van der Waals surface area (Å²) in [4.78, 5) is 13.7. The average Bonchev–Trinajstić information content (AvgIpc) is 2.97. The number of hydrogen-bond acceptors (Lipinski definition) is 4. The van der Waals surface area contributed by atoms with Crippen molar-refractivity contribution in [3.8, 4) is 12.1 Å². The minimum atomic E-state index is -0.565. The molecular weight excluding hydrogens is 230 g/mol. The molecule has 0 bridgehead atoms. The number of nitriles is 2. The number of hydrogen-bond donors (Lipinski definition) is 0. The topological polar surface area (TPSA) is 77.1 Å². The molecule has 98 valence electrons. The number of rotatable bonds is 4. The number of ether oxygens (including phenoxy) is 1. The maximum absolute atomic E-state index is 12.1. The summed E-state index contributed by atoms with van der Waals surface area (Å²) in [6.07, 6.45) is 1.76. The molecule has 1 aliphatic rings. The standard InChI is InChI=1S/C13H19N3O2/c1-12(2,3)18-11(17)16(10-4-8-14)13(5-6-13)7-9-15/h4-7,10H2,1-3H3. The molecule has 5 nitrogen and oxygen atoms in total. The second-order valence-corrected chi connectivity index (χ2v) is 5.60. The van der Waals surface area contributed by atoms with Crippen LogP contribution in [0.15, 0.2) is 0 Å². The van der Waals surface area contributed by atoms with Gasteiger partial charge in [-0.15, -0.1) is 0 Å². The third kappa shape index (κ3) is 3.63. The highest BCUT2D eigenvalue weighted by Crippen LogP contribution is 2.45. The molecule has 0 spiro atoms. The minimum Gasteiger partial charge on any atom is -0.444 e. The molecule has 1 aliphatic carbocycles. The van der Waals surface area contributed by atoms with E-state index in [-0.39, 0.29) is 6.42 Å². The fraction of sp³-hybridized carbons (Fsp3) is 0.769. The number of amides is 1. The fourth-order valence-electron chi connectivity index (χ4n) is 1.83. The van der Waals surface area contributed by atoms with E-state index in [4.69, 9.17) is 15.3 Å². The van der Waals surface area contributed by atoms with Crippen LogP contribution < -0.4 is 0 Å². The van der Waals surface area contributed by atoms with E-state index in [0.29, 0.717) is 13.0 Å². The van der Waals surface area contributed by atoms with Crippen LogP contribution in [0.4, 0.5) is 4.79 Å². The summed E-state index contributed by atoms with van der Waals surface area (Å²) in [7, 11) is 0.